The first-order valence-electron chi connectivity index (χ1n) is 11.4. The van der Waals surface area contributed by atoms with Crippen LogP contribution in [-0.2, 0) is 20.7 Å². The van der Waals surface area contributed by atoms with Gasteiger partial charge in [0.25, 0.3) is 17.4 Å². The van der Waals surface area contributed by atoms with Crippen molar-refractivity contribution in [3.63, 3.8) is 0 Å². The summed E-state index contributed by atoms with van der Waals surface area (Å²) in [5, 5.41) is 3.09. The van der Waals surface area contributed by atoms with Crippen molar-refractivity contribution in [1.29, 1.82) is 0 Å². The highest BCUT2D eigenvalue weighted by atomic mass is 19.1. The molecular formula is C24H29FN4O4. The van der Waals surface area contributed by atoms with Crippen LogP contribution in [0.2, 0.25) is 0 Å². The van der Waals surface area contributed by atoms with Crippen molar-refractivity contribution < 1.29 is 18.7 Å². The van der Waals surface area contributed by atoms with Crippen molar-refractivity contribution in [2.45, 2.75) is 45.6 Å². The number of benzene rings is 1. The quantitative estimate of drug-likeness (QED) is 0.617. The maximum absolute atomic E-state index is 13.6. The van der Waals surface area contributed by atoms with Crippen LogP contribution in [0.4, 0.5) is 4.39 Å². The zero-order valence-corrected chi connectivity index (χ0v) is 19.2. The topological polar surface area (TPSA) is 87.6 Å². The van der Waals surface area contributed by atoms with E-state index in [1.54, 1.807) is 11.9 Å². The summed E-state index contributed by atoms with van der Waals surface area (Å²) in [5.41, 5.74) is 1.12. The fraction of sp³-hybridized carbons (Fsp3) is 0.458. The molecule has 1 unspecified atom stereocenters. The summed E-state index contributed by atoms with van der Waals surface area (Å²) in [5.74, 6) is -1.31. The van der Waals surface area contributed by atoms with Crippen molar-refractivity contribution in [3.8, 4) is 5.69 Å². The Bertz CT molecular complexity index is 1140. The van der Waals surface area contributed by atoms with Crippen LogP contribution in [0.3, 0.4) is 0 Å². The first kappa shape index (κ1) is 23.0. The van der Waals surface area contributed by atoms with Gasteiger partial charge >= 0.3 is 0 Å². The highest BCUT2D eigenvalue weighted by Gasteiger charge is 2.44. The van der Waals surface area contributed by atoms with Crippen LogP contribution in [0, 0.1) is 5.82 Å². The molecule has 1 aromatic heterocycles. The minimum atomic E-state index is -0.481. The fourth-order valence-electron chi connectivity index (χ4n) is 4.40. The van der Waals surface area contributed by atoms with Gasteiger partial charge < -0.3 is 9.64 Å². The van der Waals surface area contributed by atoms with Crippen LogP contribution in [-0.4, -0.2) is 64.2 Å². The van der Waals surface area contributed by atoms with Crippen molar-refractivity contribution >= 4 is 17.4 Å². The number of likely N-dealkylation sites (N-methyl/N-ethyl adjacent to an activating group) is 1. The van der Waals surface area contributed by atoms with Crippen molar-refractivity contribution in [2.75, 3.05) is 26.7 Å². The lowest BCUT2D eigenvalue weighted by Crippen LogP contribution is -2.39. The molecule has 2 aromatic rings. The molecule has 3 heterocycles. The van der Waals surface area contributed by atoms with Crippen LogP contribution >= 0.6 is 0 Å². The molecule has 2 amide bonds. The Labute approximate surface area is 191 Å². The number of ether oxygens (including phenoxy) is 1. The third-order valence-electron chi connectivity index (χ3n) is 6.21. The lowest BCUT2D eigenvalue weighted by atomic mass is 10.0. The number of hydrogen-bond acceptors (Lipinski definition) is 5. The second-order valence-corrected chi connectivity index (χ2v) is 8.43. The maximum Gasteiger partial charge on any atom is 0.279 e. The smallest absolute Gasteiger partial charge is 0.279 e. The molecule has 1 aromatic carbocycles. The summed E-state index contributed by atoms with van der Waals surface area (Å²) in [4.78, 5) is 43.4. The second-order valence-electron chi connectivity index (χ2n) is 8.43. The molecule has 1 atom stereocenters. The van der Waals surface area contributed by atoms with Gasteiger partial charge in [0.05, 0.1) is 29.5 Å². The minimum Gasteiger partial charge on any atom is -0.376 e. The Morgan fingerprint density at radius 3 is 2.48 bits per heavy atom. The van der Waals surface area contributed by atoms with E-state index < -0.39 is 23.2 Å². The van der Waals surface area contributed by atoms with Gasteiger partial charge in [-0.15, -0.1) is 0 Å². The molecule has 4 rings (SSSR count). The minimum absolute atomic E-state index is 0.118. The number of carbonyl (C=O) groups excluding carboxylic acids is 2. The predicted octanol–water partition coefficient (Wildman–Crippen LogP) is 2.47. The van der Waals surface area contributed by atoms with Crippen molar-refractivity contribution in [3.05, 3.63) is 57.4 Å². The Morgan fingerprint density at radius 1 is 1.15 bits per heavy atom. The predicted molar refractivity (Wildman–Crippen MR) is 121 cm³/mol. The van der Waals surface area contributed by atoms with E-state index in [-0.39, 0.29) is 29.5 Å². The average molecular weight is 457 g/mol. The van der Waals surface area contributed by atoms with Gasteiger partial charge in [0.1, 0.15) is 11.5 Å². The first-order chi connectivity index (χ1) is 15.9. The molecule has 9 heteroatoms. The highest BCUT2D eigenvalue weighted by Crippen LogP contribution is 2.32. The number of halogens is 1. The third-order valence-corrected chi connectivity index (χ3v) is 6.21. The summed E-state index contributed by atoms with van der Waals surface area (Å²) in [7, 11) is 1.74. The number of imide groups is 1. The Morgan fingerprint density at radius 2 is 1.88 bits per heavy atom. The van der Waals surface area contributed by atoms with Gasteiger partial charge in [-0.05, 0) is 50.5 Å². The summed E-state index contributed by atoms with van der Waals surface area (Å²) in [6.45, 7) is 5.12. The van der Waals surface area contributed by atoms with E-state index in [1.807, 2.05) is 13.8 Å². The molecule has 0 aliphatic carbocycles. The number of H-pyrrole nitrogens is 1. The van der Waals surface area contributed by atoms with Gasteiger partial charge in [-0.25, -0.2) is 9.07 Å². The molecule has 0 spiro atoms. The van der Waals surface area contributed by atoms with Gasteiger partial charge in [-0.3, -0.25) is 24.4 Å². The molecule has 1 fully saturated rings. The summed E-state index contributed by atoms with van der Waals surface area (Å²) in [6, 6.07) is 5.52. The second kappa shape index (κ2) is 9.35. The molecule has 2 aliphatic heterocycles. The van der Waals surface area contributed by atoms with E-state index in [0.717, 1.165) is 19.3 Å². The molecule has 0 saturated carbocycles. The summed E-state index contributed by atoms with van der Waals surface area (Å²) < 4.78 is 20.4. The molecule has 0 bridgehead atoms. The standard InChI is InChI=1S/C24H29FN4O4/c1-4-7-18-19(23(31)29(26-18)16-11-9-15(25)10-12-16)20-21(27(3)5-2)24(32)28(22(20)30)14-17-8-6-13-33-17/h9-12,17,26H,4-8,13-14H2,1-3H3. The van der Waals surface area contributed by atoms with Gasteiger partial charge in [-0.2, -0.15) is 0 Å². The first-order valence-corrected chi connectivity index (χ1v) is 11.4. The Balaban J connectivity index is 1.85. The number of amides is 2. The zero-order valence-electron chi connectivity index (χ0n) is 19.2. The highest BCUT2D eigenvalue weighted by molar-refractivity contribution is 6.35. The van der Waals surface area contributed by atoms with E-state index in [1.165, 1.54) is 33.8 Å². The number of aromatic amines is 1. The van der Waals surface area contributed by atoms with Crippen LogP contribution in [0.1, 0.15) is 44.4 Å². The van der Waals surface area contributed by atoms with Crippen molar-refractivity contribution in [1.82, 2.24) is 19.6 Å². The number of nitrogens with zero attached hydrogens (tertiary/aromatic N) is 3. The number of hydrogen-bond donors (Lipinski definition) is 1. The van der Waals surface area contributed by atoms with Crippen LogP contribution < -0.4 is 5.56 Å². The molecule has 2 aliphatic rings. The molecule has 1 N–H and O–H groups in total. The summed E-state index contributed by atoms with van der Waals surface area (Å²) in [6.07, 6.45) is 2.73. The number of rotatable bonds is 8. The lowest BCUT2D eigenvalue weighted by Gasteiger charge is -2.21. The molecular weight excluding hydrogens is 427 g/mol. The molecule has 33 heavy (non-hydrogen) atoms. The van der Waals surface area contributed by atoms with E-state index in [2.05, 4.69) is 5.10 Å². The van der Waals surface area contributed by atoms with E-state index >= 15 is 0 Å². The molecule has 1 saturated heterocycles. The number of carbonyl (C=O) groups is 2. The number of aromatic nitrogens is 2. The van der Waals surface area contributed by atoms with Crippen molar-refractivity contribution in [2.24, 2.45) is 0 Å². The molecule has 176 valence electrons. The normalized spacial score (nSPS) is 18.7. The van der Waals surface area contributed by atoms with Gasteiger partial charge in [0.2, 0.25) is 0 Å². The monoisotopic (exact) mass is 456 g/mol. The number of nitrogens with one attached hydrogen (secondary N) is 1. The Hall–Kier alpha value is -3.20. The molecule has 0 radical (unpaired) electrons. The SMILES string of the molecule is CCCc1[nH]n(-c2ccc(F)cc2)c(=O)c1C1=C(N(C)CC)C(=O)N(CC2CCCO2)C1=O. The number of aryl methyl sites for hydroxylation is 1. The van der Waals surface area contributed by atoms with E-state index in [4.69, 9.17) is 4.74 Å². The third kappa shape index (κ3) is 4.13. The van der Waals surface area contributed by atoms with Gasteiger partial charge in [0.15, 0.2) is 0 Å². The van der Waals surface area contributed by atoms with Gasteiger partial charge in [0, 0.05) is 25.9 Å². The lowest BCUT2D eigenvalue weighted by molar-refractivity contribution is -0.139. The Kier molecular flexibility index (Phi) is 6.51. The van der Waals surface area contributed by atoms with Crippen LogP contribution in [0.5, 0.6) is 0 Å². The average Bonchev–Trinajstić information content (AvgIpc) is 3.49. The van der Waals surface area contributed by atoms with E-state index in [0.29, 0.717) is 31.0 Å². The van der Waals surface area contributed by atoms with Crippen LogP contribution in [0.15, 0.2) is 34.8 Å². The summed E-state index contributed by atoms with van der Waals surface area (Å²) >= 11 is 0. The van der Waals surface area contributed by atoms with Gasteiger partial charge in [-0.1, -0.05) is 13.3 Å². The fourth-order valence-corrected chi connectivity index (χ4v) is 4.40. The molecule has 8 nitrogen and oxygen atoms in total. The largest absolute Gasteiger partial charge is 0.376 e. The van der Waals surface area contributed by atoms with E-state index in [9.17, 15) is 18.8 Å². The maximum atomic E-state index is 13.6. The van der Waals surface area contributed by atoms with Crippen LogP contribution in [0.25, 0.3) is 11.3 Å². The zero-order chi connectivity index (χ0) is 23.7.